The van der Waals surface area contributed by atoms with Crippen molar-refractivity contribution in [3.05, 3.63) is 53.1 Å². The largest absolute Gasteiger partial charge is 0.494 e. The number of halogens is 2. The summed E-state index contributed by atoms with van der Waals surface area (Å²) in [6.45, 7) is 9.99. The minimum absolute atomic E-state index is 0. The lowest BCUT2D eigenvalue weighted by molar-refractivity contribution is 0.0984. The van der Waals surface area contributed by atoms with Crippen LogP contribution >= 0.6 is 35.3 Å². The predicted molar refractivity (Wildman–Crippen MR) is 129 cm³/mol. The first-order valence-electron chi connectivity index (χ1n) is 9.89. The van der Waals surface area contributed by atoms with Crippen molar-refractivity contribution in [1.82, 2.24) is 9.88 Å². The Bertz CT molecular complexity index is 976. The lowest BCUT2D eigenvalue weighted by Crippen LogP contribution is -2.39. The molecule has 8 heteroatoms. The number of anilines is 1. The van der Waals surface area contributed by atoms with Gasteiger partial charge in [-0.1, -0.05) is 48.9 Å². The summed E-state index contributed by atoms with van der Waals surface area (Å²) in [6, 6.07) is 13.0. The minimum Gasteiger partial charge on any atom is -0.494 e. The lowest BCUT2D eigenvalue weighted by atomic mass is 10.2. The molecule has 0 unspecified atom stereocenters. The van der Waals surface area contributed by atoms with Gasteiger partial charge in [-0.2, -0.15) is 0 Å². The fourth-order valence-corrected chi connectivity index (χ4v) is 4.35. The van der Waals surface area contributed by atoms with Gasteiger partial charge in [0.1, 0.15) is 5.75 Å². The van der Waals surface area contributed by atoms with E-state index in [-0.39, 0.29) is 18.3 Å². The molecule has 1 aromatic heterocycles. The zero-order valence-electron chi connectivity index (χ0n) is 17.4. The Balaban J connectivity index is 0.00000320. The highest BCUT2D eigenvalue weighted by atomic mass is 35.5. The topological polar surface area (TPSA) is 45.7 Å². The Morgan fingerprint density at radius 2 is 1.83 bits per heavy atom. The van der Waals surface area contributed by atoms with E-state index in [1.807, 2.05) is 37.3 Å². The first-order chi connectivity index (χ1) is 14.1. The van der Waals surface area contributed by atoms with Crippen molar-refractivity contribution >= 4 is 56.6 Å². The zero-order chi connectivity index (χ0) is 20.8. The molecule has 0 fully saturated rings. The quantitative estimate of drug-likeness (QED) is 0.401. The van der Waals surface area contributed by atoms with E-state index in [0.29, 0.717) is 28.9 Å². The number of rotatable bonds is 9. The molecule has 3 aromatic rings. The van der Waals surface area contributed by atoms with Gasteiger partial charge in [-0.3, -0.25) is 9.69 Å². The minimum atomic E-state index is -0.133. The van der Waals surface area contributed by atoms with Crippen molar-refractivity contribution in [3.8, 4) is 5.75 Å². The normalized spacial score (nSPS) is 10.8. The van der Waals surface area contributed by atoms with Gasteiger partial charge in [0.2, 0.25) is 0 Å². The summed E-state index contributed by atoms with van der Waals surface area (Å²) in [5, 5.41) is 1.12. The predicted octanol–water partition coefficient (Wildman–Crippen LogP) is 5.76. The second-order valence-corrected chi connectivity index (χ2v) is 7.94. The van der Waals surface area contributed by atoms with Crippen LogP contribution in [-0.2, 0) is 0 Å². The molecule has 3 rings (SSSR count). The van der Waals surface area contributed by atoms with Gasteiger partial charge in [0.25, 0.3) is 5.91 Å². The molecule has 0 radical (unpaired) electrons. The second kappa shape index (κ2) is 11.5. The number of aromatic nitrogens is 1. The number of carbonyl (C=O) groups is 1. The van der Waals surface area contributed by atoms with Gasteiger partial charge in [0.05, 0.1) is 27.4 Å². The van der Waals surface area contributed by atoms with Crippen molar-refractivity contribution in [2.45, 2.75) is 20.8 Å². The zero-order valence-corrected chi connectivity index (χ0v) is 19.8. The summed E-state index contributed by atoms with van der Waals surface area (Å²) >= 11 is 7.80. The van der Waals surface area contributed by atoms with E-state index in [9.17, 15) is 4.79 Å². The number of carbonyl (C=O) groups excluding carboxylic acids is 1. The van der Waals surface area contributed by atoms with Gasteiger partial charge in [0, 0.05) is 13.1 Å². The Morgan fingerprint density at radius 3 is 2.50 bits per heavy atom. The van der Waals surface area contributed by atoms with Crippen LogP contribution in [-0.4, -0.2) is 48.6 Å². The lowest BCUT2D eigenvalue weighted by Gasteiger charge is -2.25. The average molecular weight is 468 g/mol. The third-order valence-electron chi connectivity index (χ3n) is 4.77. The highest BCUT2D eigenvalue weighted by Gasteiger charge is 2.23. The summed E-state index contributed by atoms with van der Waals surface area (Å²) < 4.78 is 6.59. The molecular weight excluding hydrogens is 441 g/mol. The number of hydrogen-bond donors (Lipinski definition) is 0. The number of ether oxygens (including phenoxy) is 1. The Kier molecular flexibility index (Phi) is 9.37. The van der Waals surface area contributed by atoms with Crippen LogP contribution < -0.4 is 9.64 Å². The third kappa shape index (κ3) is 5.64. The van der Waals surface area contributed by atoms with Crippen molar-refractivity contribution in [2.75, 3.05) is 37.7 Å². The van der Waals surface area contributed by atoms with Gasteiger partial charge in [-0.25, -0.2) is 4.98 Å². The average Bonchev–Trinajstić information content (AvgIpc) is 3.14. The number of likely N-dealkylation sites (N-methyl/N-ethyl adjacent to an activating group) is 1. The van der Waals surface area contributed by atoms with E-state index in [2.05, 4.69) is 18.7 Å². The molecule has 1 amide bonds. The van der Waals surface area contributed by atoms with Gasteiger partial charge in [-0.15, -0.1) is 12.4 Å². The molecule has 0 saturated heterocycles. The van der Waals surface area contributed by atoms with Crippen molar-refractivity contribution in [2.24, 2.45) is 0 Å². The smallest absolute Gasteiger partial charge is 0.261 e. The maximum absolute atomic E-state index is 13.4. The second-order valence-electron chi connectivity index (χ2n) is 6.52. The summed E-state index contributed by atoms with van der Waals surface area (Å²) in [5.41, 5.74) is 1.34. The molecule has 0 atom stereocenters. The monoisotopic (exact) mass is 467 g/mol. The van der Waals surface area contributed by atoms with Gasteiger partial charge >= 0.3 is 0 Å². The molecule has 2 aromatic carbocycles. The maximum atomic E-state index is 13.4. The van der Waals surface area contributed by atoms with Crippen LogP contribution in [0.2, 0.25) is 5.02 Å². The number of thiazole rings is 1. The number of hydrogen-bond acceptors (Lipinski definition) is 5. The summed E-state index contributed by atoms with van der Waals surface area (Å²) in [5.74, 6) is 0.675. The number of amides is 1. The number of benzene rings is 2. The molecule has 0 spiro atoms. The van der Waals surface area contributed by atoms with Crippen molar-refractivity contribution in [3.63, 3.8) is 0 Å². The Labute approximate surface area is 193 Å². The molecule has 5 nitrogen and oxygen atoms in total. The van der Waals surface area contributed by atoms with Gasteiger partial charge < -0.3 is 9.64 Å². The highest BCUT2D eigenvalue weighted by molar-refractivity contribution is 7.22. The highest BCUT2D eigenvalue weighted by Crippen LogP contribution is 2.33. The van der Waals surface area contributed by atoms with Crippen LogP contribution in [0.3, 0.4) is 0 Å². The summed E-state index contributed by atoms with van der Waals surface area (Å²) in [7, 11) is 0. The molecule has 0 bridgehead atoms. The van der Waals surface area contributed by atoms with Crippen LogP contribution in [0, 0.1) is 0 Å². The van der Waals surface area contributed by atoms with Gasteiger partial charge in [0.15, 0.2) is 5.13 Å². The molecule has 0 aliphatic rings. The van der Waals surface area contributed by atoms with E-state index in [4.69, 9.17) is 21.3 Å². The van der Waals surface area contributed by atoms with E-state index >= 15 is 0 Å². The van der Waals surface area contributed by atoms with E-state index in [1.54, 1.807) is 17.0 Å². The molecule has 0 N–H and O–H groups in total. The Hall–Kier alpha value is -1.86. The van der Waals surface area contributed by atoms with E-state index in [0.717, 1.165) is 35.6 Å². The van der Waals surface area contributed by atoms with Crippen molar-refractivity contribution in [1.29, 1.82) is 0 Å². The first kappa shape index (κ1) is 24.4. The standard InChI is InChI=1S/C22H26ClN3O2S.ClH/c1-4-25(5-2)13-14-26(21(27)17-9-7-8-10-18(17)23)22-24-19-12-11-16(28-6-3)15-20(19)29-22;/h7-12,15H,4-6,13-14H2,1-3H3;1H. The molecule has 0 saturated carbocycles. The van der Waals surface area contributed by atoms with E-state index < -0.39 is 0 Å². The number of fused-ring (bicyclic) bond motifs is 1. The van der Waals surface area contributed by atoms with Gasteiger partial charge in [-0.05, 0) is 50.3 Å². The molecular formula is C22H27Cl2N3O2S. The fourth-order valence-electron chi connectivity index (χ4n) is 3.11. The van der Waals surface area contributed by atoms with Crippen LogP contribution in [0.15, 0.2) is 42.5 Å². The van der Waals surface area contributed by atoms with Crippen LogP contribution in [0.25, 0.3) is 10.2 Å². The third-order valence-corrected chi connectivity index (χ3v) is 6.14. The SMILES string of the molecule is CCOc1ccc2nc(N(CCN(CC)CC)C(=O)c3ccccc3Cl)sc2c1.Cl. The van der Waals surface area contributed by atoms with Crippen LogP contribution in [0.1, 0.15) is 31.1 Å². The Morgan fingerprint density at radius 1 is 1.10 bits per heavy atom. The fraction of sp³-hybridized carbons (Fsp3) is 0.364. The van der Waals surface area contributed by atoms with E-state index in [1.165, 1.54) is 11.3 Å². The molecule has 162 valence electrons. The maximum Gasteiger partial charge on any atom is 0.261 e. The summed E-state index contributed by atoms with van der Waals surface area (Å²) in [6.07, 6.45) is 0. The number of nitrogens with zero attached hydrogens (tertiary/aromatic N) is 3. The molecule has 1 heterocycles. The molecule has 0 aliphatic carbocycles. The van der Waals surface area contributed by atoms with Crippen molar-refractivity contribution < 1.29 is 9.53 Å². The summed E-state index contributed by atoms with van der Waals surface area (Å²) in [4.78, 5) is 22.1. The van der Waals surface area contributed by atoms with Crippen LogP contribution in [0.5, 0.6) is 5.75 Å². The first-order valence-corrected chi connectivity index (χ1v) is 11.1. The molecule has 0 aliphatic heterocycles. The molecule has 30 heavy (non-hydrogen) atoms. The van der Waals surface area contributed by atoms with Crippen LogP contribution in [0.4, 0.5) is 5.13 Å².